The molecule has 1 saturated carbocycles. The van der Waals surface area contributed by atoms with Crippen LogP contribution in [-0.4, -0.2) is 137 Å². The number of nitrogens with zero attached hydrogens (tertiary/aromatic N) is 8. The molecule has 3 aliphatic heterocycles. The van der Waals surface area contributed by atoms with E-state index in [4.69, 9.17) is 14.5 Å². The molecule has 60 heavy (non-hydrogen) atoms. The van der Waals surface area contributed by atoms with Crippen molar-refractivity contribution in [2.24, 2.45) is 0 Å². The first-order valence-electron chi connectivity index (χ1n) is 21.1. The van der Waals surface area contributed by atoms with Gasteiger partial charge in [-0.15, -0.1) is 0 Å². The van der Waals surface area contributed by atoms with Gasteiger partial charge in [-0.05, 0) is 55.9 Å². The predicted molar refractivity (Wildman–Crippen MR) is 227 cm³/mol. The zero-order valence-electron chi connectivity index (χ0n) is 34.5. The number of aromatic nitrogens is 4. The normalized spacial score (nSPS) is 18.7. The molecule has 2 N–H and O–H groups in total. The van der Waals surface area contributed by atoms with Gasteiger partial charge in [0.15, 0.2) is 0 Å². The lowest BCUT2D eigenvalue weighted by Crippen LogP contribution is -2.52. The molecule has 16 nitrogen and oxygen atoms in total. The molecule has 4 aromatic rings. The van der Waals surface area contributed by atoms with Crippen molar-refractivity contribution in [3.05, 3.63) is 77.8 Å². The minimum atomic E-state index is -0.732. The van der Waals surface area contributed by atoms with Gasteiger partial charge >= 0.3 is 0 Å². The van der Waals surface area contributed by atoms with Crippen LogP contribution in [-0.2, 0) is 25.5 Å². The summed E-state index contributed by atoms with van der Waals surface area (Å²) in [5, 5.41) is 6.46. The molecule has 0 radical (unpaired) electrons. The number of nitrogens with one attached hydrogen (secondary N) is 2. The van der Waals surface area contributed by atoms with E-state index in [-0.39, 0.29) is 36.6 Å². The summed E-state index contributed by atoms with van der Waals surface area (Å²) >= 11 is 0. The molecule has 1 atom stereocenters. The van der Waals surface area contributed by atoms with Crippen LogP contribution in [0.15, 0.2) is 55.4 Å². The number of piperazine rings is 1. The Morgan fingerprint density at radius 2 is 1.73 bits per heavy atom. The van der Waals surface area contributed by atoms with Gasteiger partial charge in [-0.25, -0.2) is 9.97 Å². The van der Waals surface area contributed by atoms with Gasteiger partial charge in [0.2, 0.25) is 17.8 Å². The molecule has 6 heterocycles. The van der Waals surface area contributed by atoms with E-state index in [0.29, 0.717) is 61.6 Å². The fourth-order valence-corrected chi connectivity index (χ4v) is 8.80. The Morgan fingerprint density at radius 1 is 0.950 bits per heavy atom. The summed E-state index contributed by atoms with van der Waals surface area (Å²) in [5.41, 5.74) is 5.21. The fraction of sp³-hybridized carbons (Fsp3) is 0.477. The summed E-state index contributed by atoms with van der Waals surface area (Å²) in [6, 6.07) is 11.2. The second-order valence-corrected chi connectivity index (χ2v) is 16.1. The van der Waals surface area contributed by atoms with Crippen molar-refractivity contribution < 1.29 is 28.7 Å². The molecule has 1 aromatic carbocycles. The Balaban J connectivity index is 0.727. The molecule has 3 fully saturated rings. The van der Waals surface area contributed by atoms with Crippen molar-refractivity contribution in [1.82, 2.24) is 39.5 Å². The van der Waals surface area contributed by atoms with E-state index in [1.807, 2.05) is 36.5 Å². The van der Waals surface area contributed by atoms with E-state index in [2.05, 4.69) is 47.6 Å². The van der Waals surface area contributed by atoms with E-state index in [9.17, 15) is 19.2 Å². The summed E-state index contributed by atoms with van der Waals surface area (Å²) in [7, 11) is 3.55. The molecule has 1 unspecified atom stereocenters. The molecule has 4 aliphatic rings. The average Bonchev–Trinajstić information content (AvgIpc) is 3.97. The number of anilines is 3. The number of aryl methyl sites for hydroxylation is 1. The molecule has 0 spiro atoms. The lowest BCUT2D eigenvalue weighted by atomic mass is 9.99. The number of benzene rings is 1. The molecule has 0 bridgehead atoms. The van der Waals surface area contributed by atoms with Gasteiger partial charge in [-0.2, -0.15) is 4.98 Å². The highest BCUT2D eigenvalue weighted by Crippen LogP contribution is 2.38. The van der Waals surface area contributed by atoms with Gasteiger partial charge in [0.25, 0.3) is 11.8 Å². The highest BCUT2D eigenvalue weighted by atomic mass is 16.5. The van der Waals surface area contributed by atoms with Crippen LogP contribution in [0.1, 0.15) is 83.0 Å². The highest BCUT2D eigenvalue weighted by molar-refractivity contribution is 6.13. The van der Waals surface area contributed by atoms with Gasteiger partial charge in [0, 0.05) is 88.7 Å². The van der Waals surface area contributed by atoms with Gasteiger partial charge in [0.1, 0.15) is 23.2 Å². The summed E-state index contributed by atoms with van der Waals surface area (Å²) in [6.45, 7) is 10.8. The number of amides is 4. The van der Waals surface area contributed by atoms with Crippen LogP contribution < -0.4 is 15.5 Å². The monoisotopic (exact) mass is 818 g/mol. The number of pyridine rings is 1. The molecular weight excluding hydrogens is 765 g/mol. The zero-order chi connectivity index (χ0) is 41.8. The quantitative estimate of drug-likeness (QED) is 0.121. The first-order chi connectivity index (χ1) is 29.2. The first-order valence-corrected chi connectivity index (χ1v) is 21.1. The smallest absolute Gasteiger partial charge is 0.270 e. The third kappa shape index (κ3) is 8.76. The third-order valence-electron chi connectivity index (χ3n) is 12.0. The first kappa shape index (κ1) is 41.0. The van der Waals surface area contributed by atoms with Crippen molar-refractivity contribution in [2.75, 3.05) is 83.5 Å². The van der Waals surface area contributed by atoms with E-state index in [0.717, 1.165) is 92.7 Å². The van der Waals surface area contributed by atoms with E-state index >= 15 is 0 Å². The van der Waals surface area contributed by atoms with Crippen LogP contribution >= 0.6 is 0 Å². The maximum atomic E-state index is 13.5. The Bertz CT molecular complexity index is 2240. The van der Waals surface area contributed by atoms with Gasteiger partial charge in [-0.1, -0.05) is 37.6 Å². The summed E-state index contributed by atoms with van der Waals surface area (Å²) in [6.07, 6.45) is 9.90. The number of hydrogen-bond donors (Lipinski definition) is 2. The molecule has 1 aliphatic carbocycles. The van der Waals surface area contributed by atoms with Gasteiger partial charge in [0.05, 0.1) is 37.3 Å². The summed E-state index contributed by atoms with van der Waals surface area (Å²) in [4.78, 5) is 72.6. The van der Waals surface area contributed by atoms with E-state index in [1.54, 1.807) is 25.2 Å². The Hall–Kier alpha value is -5.71. The fourth-order valence-electron chi connectivity index (χ4n) is 8.80. The topological polar surface area (TPSA) is 167 Å². The van der Waals surface area contributed by atoms with Crippen molar-refractivity contribution >= 4 is 57.8 Å². The number of piperidine rings is 1. The zero-order valence-corrected chi connectivity index (χ0v) is 34.5. The standard InChI is InChI=1S/C44H54N10O6/c1-29-34-12-6-8-30(39(34)43(58)53(29)35-14-16-38(55)48-41(35)56)9-7-22-59-24-25-60-23-21-51-17-19-52(20-18-51)33-13-15-37(45-28-33)47-44-46-27-31-26-36(42(57)50(2)3)54(40(31)49-44)32-10-4-5-11-32/h6,8,12-13,15,26-28,32,35H,1,4-5,7,9-11,14,16-25H2,2-3H3,(H,48,55,56)(H,45,46,47,49). The maximum absolute atomic E-state index is 13.5. The number of ether oxygens (including phenoxy) is 2. The number of hydrogen-bond acceptors (Lipinski definition) is 12. The van der Waals surface area contributed by atoms with Crippen LogP contribution in [0.25, 0.3) is 16.7 Å². The molecule has 316 valence electrons. The number of rotatable bonds is 16. The van der Waals surface area contributed by atoms with Gasteiger partial charge in [-0.3, -0.25) is 34.3 Å². The van der Waals surface area contributed by atoms with Crippen molar-refractivity contribution in [1.29, 1.82) is 0 Å². The SMILES string of the molecule is C=C1c2cccc(CCCOCCOCCN3CCN(c4ccc(Nc5ncc6cc(C(=O)N(C)C)n(C7CCCC7)c6n5)nc4)CC3)c2C(=O)N1C1CCC(=O)NC1=O. The number of carbonyl (C=O) groups is 4. The second-order valence-electron chi connectivity index (χ2n) is 16.1. The Kier molecular flexibility index (Phi) is 12.5. The Labute approximate surface area is 349 Å². The van der Waals surface area contributed by atoms with Crippen molar-refractivity contribution in [3.63, 3.8) is 0 Å². The molecule has 2 saturated heterocycles. The molecule has 16 heteroatoms. The van der Waals surface area contributed by atoms with Crippen LogP contribution in [0, 0.1) is 0 Å². The minimum Gasteiger partial charge on any atom is -0.379 e. The van der Waals surface area contributed by atoms with E-state index in [1.165, 1.54) is 4.90 Å². The second kappa shape index (κ2) is 18.3. The summed E-state index contributed by atoms with van der Waals surface area (Å²) < 4.78 is 13.8. The highest BCUT2D eigenvalue weighted by Gasteiger charge is 2.42. The Morgan fingerprint density at radius 3 is 2.47 bits per heavy atom. The predicted octanol–water partition coefficient (Wildman–Crippen LogP) is 4.41. The third-order valence-corrected chi connectivity index (χ3v) is 12.0. The number of carbonyl (C=O) groups excluding carboxylic acids is 4. The lowest BCUT2D eigenvalue weighted by molar-refractivity contribution is -0.136. The molecular formula is C44H54N10O6. The van der Waals surface area contributed by atoms with Crippen molar-refractivity contribution in [2.45, 2.75) is 63.5 Å². The van der Waals surface area contributed by atoms with Crippen molar-refractivity contribution in [3.8, 4) is 0 Å². The number of fused-ring (bicyclic) bond motifs is 2. The molecule has 4 amide bonds. The molecule has 8 rings (SSSR count). The maximum Gasteiger partial charge on any atom is 0.270 e. The van der Waals surface area contributed by atoms with E-state index < -0.39 is 11.9 Å². The average molecular weight is 819 g/mol. The minimum absolute atomic E-state index is 0.0303. The number of imide groups is 1. The lowest BCUT2D eigenvalue weighted by Gasteiger charge is -2.35. The van der Waals surface area contributed by atoms with Gasteiger partial charge < -0.3 is 29.2 Å². The van der Waals surface area contributed by atoms with Crippen LogP contribution in [0.5, 0.6) is 0 Å². The largest absolute Gasteiger partial charge is 0.379 e. The van der Waals surface area contributed by atoms with Crippen LogP contribution in [0.3, 0.4) is 0 Å². The van der Waals surface area contributed by atoms with Crippen LogP contribution in [0.2, 0.25) is 0 Å². The summed E-state index contributed by atoms with van der Waals surface area (Å²) in [5.74, 6) is 0.0632. The van der Waals surface area contributed by atoms with Crippen LogP contribution in [0.4, 0.5) is 17.5 Å². The molecule has 3 aromatic heterocycles.